The van der Waals surface area contributed by atoms with Crippen LogP contribution in [0, 0.1) is 0 Å². The van der Waals surface area contributed by atoms with Gasteiger partial charge in [0.25, 0.3) is 0 Å². The number of hydrogen-bond acceptors (Lipinski definition) is 8. The van der Waals surface area contributed by atoms with Gasteiger partial charge in [-0.1, -0.05) is 121 Å². The summed E-state index contributed by atoms with van der Waals surface area (Å²) in [7, 11) is 0. The summed E-state index contributed by atoms with van der Waals surface area (Å²) in [6.07, 6.45) is 3.54. The quantitative estimate of drug-likeness (QED) is 0.171. The Balaban J connectivity index is 0.000000192. The van der Waals surface area contributed by atoms with E-state index in [1.165, 1.54) is 24.3 Å². The van der Waals surface area contributed by atoms with E-state index in [1.54, 1.807) is 97.3 Å². The number of carboxylic acid groups (broad SMARTS) is 2. The van der Waals surface area contributed by atoms with Crippen LogP contribution in [0.1, 0.15) is 52.6 Å². The maximum Gasteiger partial charge on any atom is 2.00 e. The summed E-state index contributed by atoms with van der Waals surface area (Å²) in [6.45, 7) is 0. The fourth-order valence-corrected chi connectivity index (χ4v) is 4.24. The summed E-state index contributed by atoms with van der Waals surface area (Å²) in [5, 5.41) is 21.8. The van der Waals surface area contributed by atoms with Gasteiger partial charge < -0.3 is 19.8 Å². The third kappa shape index (κ3) is 10.2. The van der Waals surface area contributed by atoms with Crippen molar-refractivity contribution in [2.24, 2.45) is 0 Å². The predicted octanol–water partition coefficient (Wildman–Crippen LogP) is 4.70. The molecule has 6 aromatic rings. The van der Waals surface area contributed by atoms with E-state index >= 15 is 0 Å². The Morgan fingerprint density at radius 3 is 0.979 bits per heavy atom. The van der Waals surface area contributed by atoms with Gasteiger partial charge in [-0.3, -0.25) is 19.6 Å². The Morgan fingerprint density at radius 2 is 0.681 bits per heavy atom. The minimum Gasteiger partial charge on any atom is -0.545 e. The van der Waals surface area contributed by atoms with E-state index < -0.39 is 11.9 Å². The SMILES string of the molecule is O=C([O-])c1ccccc1C(=O)c1ccccc1.O=C([O-])c1ccccc1C(=O)c1ccccc1.[Cd+2].c1ccc(-c2ccccn2)nc1. The third-order valence-electron chi connectivity index (χ3n) is 6.45. The van der Waals surface area contributed by atoms with Gasteiger partial charge in [-0.15, -0.1) is 0 Å². The molecule has 0 saturated heterocycles. The second kappa shape index (κ2) is 18.4. The molecular formula is C38H26CdN2O6. The van der Waals surface area contributed by atoms with Crippen LogP contribution < -0.4 is 10.2 Å². The van der Waals surface area contributed by atoms with Crippen molar-refractivity contribution in [3.8, 4) is 11.4 Å². The predicted molar refractivity (Wildman–Crippen MR) is 169 cm³/mol. The summed E-state index contributed by atoms with van der Waals surface area (Å²) < 4.78 is 0. The van der Waals surface area contributed by atoms with Gasteiger partial charge in [0.2, 0.25) is 0 Å². The maximum absolute atomic E-state index is 12.1. The fourth-order valence-electron chi connectivity index (χ4n) is 4.24. The molecule has 6 rings (SSSR count). The molecule has 0 bridgehead atoms. The zero-order valence-corrected chi connectivity index (χ0v) is 29.1. The van der Waals surface area contributed by atoms with Gasteiger partial charge in [0.1, 0.15) is 0 Å². The van der Waals surface area contributed by atoms with E-state index in [-0.39, 0.29) is 61.1 Å². The first-order valence-electron chi connectivity index (χ1n) is 14.0. The molecule has 8 nitrogen and oxygen atoms in total. The molecule has 9 heteroatoms. The van der Waals surface area contributed by atoms with Crippen molar-refractivity contribution in [2.45, 2.75) is 0 Å². The van der Waals surface area contributed by atoms with Crippen molar-refractivity contribution in [1.82, 2.24) is 9.97 Å². The fraction of sp³-hybridized carbons (Fsp3) is 0. The largest absolute Gasteiger partial charge is 2.00 e. The average molecular weight is 719 g/mol. The van der Waals surface area contributed by atoms with Crippen molar-refractivity contribution >= 4 is 23.5 Å². The van der Waals surface area contributed by atoms with Crippen LogP contribution in [0.5, 0.6) is 0 Å². The molecule has 47 heavy (non-hydrogen) atoms. The van der Waals surface area contributed by atoms with Gasteiger partial charge in [-0.05, 0) is 24.3 Å². The Hall–Kier alpha value is -5.62. The number of hydrogen-bond donors (Lipinski definition) is 0. The monoisotopic (exact) mass is 720 g/mol. The van der Waals surface area contributed by atoms with Crippen molar-refractivity contribution in [1.29, 1.82) is 0 Å². The van der Waals surface area contributed by atoms with Crippen LogP contribution in [0.2, 0.25) is 0 Å². The van der Waals surface area contributed by atoms with Crippen LogP contribution in [-0.2, 0) is 27.3 Å². The number of aromatic carboxylic acids is 2. The maximum atomic E-state index is 12.1. The number of carbonyl (C=O) groups is 4. The topological polar surface area (TPSA) is 140 Å². The Kier molecular flexibility index (Phi) is 14.0. The molecular weight excluding hydrogens is 693 g/mol. The van der Waals surface area contributed by atoms with Crippen LogP contribution in [0.15, 0.2) is 158 Å². The molecule has 0 aliphatic carbocycles. The minimum absolute atomic E-state index is 0. The van der Waals surface area contributed by atoms with Crippen LogP contribution in [0.3, 0.4) is 0 Å². The molecule has 0 fully saturated rings. The zero-order valence-electron chi connectivity index (χ0n) is 25.1. The summed E-state index contributed by atoms with van der Waals surface area (Å²) in [6, 6.07) is 40.8. The number of carboxylic acids is 2. The van der Waals surface area contributed by atoms with Gasteiger partial charge in [0.05, 0.1) is 23.3 Å². The molecule has 226 valence electrons. The van der Waals surface area contributed by atoms with E-state index in [4.69, 9.17) is 0 Å². The molecule has 0 atom stereocenters. The smallest absolute Gasteiger partial charge is 0.545 e. The molecule has 0 saturated carbocycles. The van der Waals surface area contributed by atoms with E-state index in [0.717, 1.165) is 11.4 Å². The average Bonchev–Trinajstić information content (AvgIpc) is 3.13. The molecule has 2 heterocycles. The van der Waals surface area contributed by atoms with E-state index in [9.17, 15) is 29.4 Å². The number of aromatic nitrogens is 2. The number of benzene rings is 4. The molecule has 0 amide bonds. The third-order valence-corrected chi connectivity index (χ3v) is 6.45. The Morgan fingerprint density at radius 1 is 0.383 bits per heavy atom. The Labute approximate surface area is 291 Å². The number of pyridine rings is 2. The van der Waals surface area contributed by atoms with E-state index in [1.807, 2.05) is 36.4 Å². The molecule has 4 aromatic carbocycles. The van der Waals surface area contributed by atoms with Crippen molar-refractivity contribution in [3.05, 3.63) is 191 Å². The van der Waals surface area contributed by atoms with Gasteiger partial charge in [-0.25, -0.2) is 0 Å². The second-order valence-corrected chi connectivity index (χ2v) is 9.49. The van der Waals surface area contributed by atoms with Gasteiger partial charge in [0.15, 0.2) is 11.6 Å². The van der Waals surface area contributed by atoms with Crippen LogP contribution in [0.25, 0.3) is 11.4 Å². The Bertz CT molecular complexity index is 1780. The van der Waals surface area contributed by atoms with Crippen molar-refractivity contribution in [3.63, 3.8) is 0 Å². The van der Waals surface area contributed by atoms with Crippen LogP contribution in [0.4, 0.5) is 0 Å². The number of nitrogens with zero attached hydrogens (tertiary/aromatic N) is 2. The minimum atomic E-state index is -1.34. The summed E-state index contributed by atoms with van der Waals surface area (Å²) in [4.78, 5) is 54.3. The van der Waals surface area contributed by atoms with Crippen LogP contribution >= 0.6 is 0 Å². The van der Waals surface area contributed by atoms with Gasteiger partial charge >= 0.3 is 27.3 Å². The first-order chi connectivity index (χ1) is 22.4. The summed E-state index contributed by atoms with van der Waals surface area (Å²) >= 11 is 0. The molecule has 0 aliphatic heterocycles. The molecule has 0 aliphatic rings. The summed E-state index contributed by atoms with van der Waals surface area (Å²) in [5.41, 5.74) is 2.89. The van der Waals surface area contributed by atoms with E-state index in [0.29, 0.717) is 11.1 Å². The summed E-state index contributed by atoms with van der Waals surface area (Å²) in [5.74, 6) is -3.31. The zero-order chi connectivity index (χ0) is 32.7. The molecule has 0 radical (unpaired) electrons. The normalized spacial score (nSPS) is 9.62. The molecule has 0 unspecified atom stereocenters. The molecule has 0 spiro atoms. The second-order valence-electron chi connectivity index (χ2n) is 9.49. The number of carbonyl (C=O) groups excluding carboxylic acids is 4. The first-order valence-corrected chi connectivity index (χ1v) is 14.0. The standard InChI is InChI=1S/2C14H10O3.C10H8N2.Cd/c2*15-13(10-6-2-1-3-7-10)11-8-4-5-9-12(11)14(16)17;1-3-7-11-9(5-1)10-6-2-4-8-12-10;/h2*1-9H,(H,16,17);1-8H;/q;;;+2/p-2. The van der Waals surface area contributed by atoms with E-state index in [2.05, 4.69) is 9.97 Å². The molecule has 2 aromatic heterocycles. The number of rotatable bonds is 7. The molecule has 0 N–H and O–H groups in total. The van der Waals surface area contributed by atoms with Crippen LogP contribution in [-0.4, -0.2) is 33.5 Å². The van der Waals surface area contributed by atoms with Gasteiger partial charge in [0, 0.05) is 45.8 Å². The van der Waals surface area contributed by atoms with Gasteiger partial charge in [-0.2, -0.15) is 0 Å². The van der Waals surface area contributed by atoms with Crippen molar-refractivity contribution in [2.75, 3.05) is 0 Å². The first kappa shape index (κ1) is 35.9. The number of ketones is 2. The van der Waals surface area contributed by atoms with Crippen molar-refractivity contribution < 1.29 is 56.7 Å².